The van der Waals surface area contributed by atoms with E-state index in [1.807, 2.05) is 6.92 Å². The Labute approximate surface area is 138 Å². The average Bonchev–Trinajstić information content (AvgIpc) is 2.45. The van der Waals surface area contributed by atoms with Crippen LogP contribution in [0.1, 0.15) is 19.4 Å². The van der Waals surface area contributed by atoms with Crippen molar-refractivity contribution in [3.63, 3.8) is 0 Å². The van der Waals surface area contributed by atoms with Gasteiger partial charge in [0.05, 0.1) is 10.5 Å². The van der Waals surface area contributed by atoms with Gasteiger partial charge >= 0.3 is 0 Å². The lowest BCUT2D eigenvalue weighted by Gasteiger charge is -2.31. The summed E-state index contributed by atoms with van der Waals surface area (Å²) in [5.41, 5.74) is 1.44. The molecule has 2 rings (SSSR count). The van der Waals surface area contributed by atoms with E-state index in [0.717, 1.165) is 10.5 Å². The Bertz CT molecular complexity index is 615. The summed E-state index contributed by atoms with van der Waals surface area (Å²) in [4.78, 5) is 37.2. The quantitative estimate of drug-likeness (QED) is 0.858. The largest absolute Gasteiger partial charge is 0.324 e. The molecule has 22 heavy (non-hydrogen) atoms. The Morgan fingerprint density at radius 2 is 1.86 bits per heavy atom. The van der Waals surface area contributed by atoms with E-state index >= 15 is 0 Å². The molecule has 1 N–H and O–H groups in total. The van der Waals surface area contributed by atoms with Crippen LogP contribution in [0.2, 0.25) is 5.02 Å². The van der Waals surface area contributed by atoms with Crippen LogP contribution in [0.5, 0.6) is 0 Å². The minimum absolute atomic E-state index is 0.279. The summed E-state index contributed by atoms with van der Waals surface area (Å²) < 4.78 is 0. The number of rotatable bonds is 3. The van der Waals surface area contributed by atoms with Crippen LogP contribution in [0.3, 0.4) is 0 Å². The van der Waals surface area contributed by atoms with Crippen LogP contribution in [-0.4, -0.2) is 39.7 Å². The molecular formula is C15H17ClN2O3S. The van der Waals surface area contributed by atoms with Gasteiger partial charge in [-0.15, -0.1) is 11.8 Å². The molecule has 1 aliphatic heterocycles. The molecule has 7 heteroatoms. The number of hydrogen-bond acceptors (Lipinski definition) is 4. The third-order valence-electron chi connectivity index (χ3n) is 3.39. The first kappa shape index (κ1) is 16.8. The van der Waals surface area contributed by atoms with Gasteiger partial charge in [0.15, 0.2) is 0 Å². The minimum Gasteiger partial charge on any atom is -0.324 e. The maximum Gasteiger partial charge on any atom is 0.244 e. The molecule has 0 aromatic heterocycles. The number of imide groups is 1. The van der Waals surface area contributed by atoms with E-state index in [2.05, 4.69) is 5.32 Å². The highest BCUT2D eigenvalue weighted by Gasteiger charge is 2.37. The number of halogens is 1. The summed E-state index contributed by atoms with van der Waals surface area (Å²) in [5, 5.41) is 2.55. The molecule has 0 spiro atoms. The van der Waals surface area contributed by atoms with Crippen LogP contribution in [0, 0.1) is 6.92 Å². The Hall–Kier alpha value is -1.53. The number of thioether (sulfide) groups is 1. The Balaban J connectivity index is 2.05. The highest BCUT2D eigenvalue weighted by molar-refractivity contribution is 8.02. The number of nitrogens with one attached hydrogen (secondary N) is 1. The van der Waals surface area contributed by atoms with Crippen LogP contribution in [0.4, 0.5) is 5.69 Å². The summed E-state index contributed by atoms with van der Waals surface area (Å²) in [5.74, 6) is -1.08. The summed E-state index contributed by atoms with van der Waals surface area (Å²) in [6.07, 6.45) is 0. The summed E-state index contributed by atoms with van der Waals surface area (Å²) in [6, 6.07) is 5.14. The van der Waals surface area contributed by atoms with Crippen LogP contribution < -0.4 is 5.32 Å². The molecular weight excluding hydrogens is 324 g/mol. The number of amides is 3. The lowest BCUT2D eigenvalue weighted by molar-refractivity contribution is -0.147. The van der Waals surface area contributed by atoms with Crippen LogP contribution in [0.15, 0.2) is 18.2 Å². The zero-order valence-electron chi connectivity index (χ0n) is 12.6. The molecule has 0 bridgehead atoms. The minimum atomic E-state index is -0.423. The molecule has 5 nitrogen and oxygen atoms in total. The molecule has 1 aromatic rings. The Kier molecular flexibility index (Phi) is 5.13. The number of benzene rings is 1. The highest BCUT2D eigenvalue weighted by atomic mass is 35.5. The van der Waals surface area contributed by atoms with Crippen molar-refractivity contribution in [1.82, 2.24) is 4.90 Å². The monoisotopic (exact) mass is 340 g/mol. The second kappa shape index (κ2) is 6.71. The van der Waals surface area contributed by atoms with Gasteiger partial charge in [-0.05, 0) is 38.5 Å². The van der Waals surface area contributed by atoms with Crippen molar-refractivity contribution >= 4 is 46.8 Å². The van der Waals surface area contributed by atoms with Crippen molar-refractivity contribution in [2.24, 2.45) is 0 Å². The number of hydrogen-bond donors (Lipinski definition) is 1. The van der Waals surface area contributed by atoms with Gasteiger partial charge in [-0.1, -0.05) is 17.7 Å². The lowest BCUT2D eigenvalue weighted by atomic mass is 10.2. The van der Waals surface area contributed by atoms with E-state index in [9.17, 15) is 14.4 Å². The van der Waals surface area contributed by atoms with Gasteiger partial charge in [-0.2, -0.15) is 0 Å². The van der Waals surface area contributed by atoms with E-state index in [1.54, 1.807) is 32.0 Å². The number of carbonyl (C=O) groups excluding carboxylic acids is 3. The third-order valence-corrected chi connectivity index (χ3v) is 5.02. The first-order chi connectivity index (χ1) is 10.3. The number of aryl methyl sites for hydroxylation is 1. The molecule has 1 heterocycles. The Morgan fingerprint density at radius 3 is 2.41 bits per heavy atom. The van der Waals surface area contributed by atoms with Gasteiger partial charge in [0, 0.05) is 10.7 Å². The van der Waals surface area contributed by atoms with E-state index in [0.29, 0.717) is 10.7 Å². The molecule has 1 aromatic carbocycles. The predicted octanol–water partition coefficient (Wildman–Crippen LogP) is 2.47. The van der Waals surface area contributed by atoms with Gasteiger partial charge in [-0.25, -0.2) is 0 Å². The van der Waals surface area contributed by atoms with Crippen molar-refractivity contribution in [3.8, 4) is 0 Å². The number of nitrogens with zero attached hydrogens (tertiary/aromatic N) is 1. The van der Waals surface area contributed by atoms with E-state index in [4.69, 9.17) is 11.6 Å². The van der Waals surface area contributed by atoms with E-state index in [1.165, 1.54) is 11.8 Å². The summed E-state index contributed by atoms with van der Waals surface area (Å²) in [6.45, 7) is 5.05. The maximum atomic E-state index is 12.1. The summed E-state index contributed by atoms with van der Waals surface area (Å²) >= 11 is 7.31. The molecule has 1 fully saturated rings. The van der Waals surface area contributed by atoms with Crippen molar-refractivity contribution < 1.29 is 14.4 Å². The molecule has 0 aliphatic carbocycles. The molecule has 3 amide bonds. The van der Waals surface area contributed by atoms with Crippen molar-refractivity contribution in [3.05, 3.63) is 28.8 Å². The van der Waals surface area contributed by atoms with Crippen molar-refractivity contribution in [1.29, 1.82) is 0 Å². The number of anilines is 1. The first-order valence-corrected chi connectivity index (χ1v) is 8.18. The van der Waals surface area contributed by atoms with Gasteiger partial charge < -0.3 is 5.32 Å². The van der Waals surface area contributed by atoms with Crippen LogP contribution in [-0.2, 0) is 14.4 Å². The fraction of sp³-hybridized carbons (Fsp3) is 0.400. The molecule has 0 saturated carbocycles. The highest BCUT2D eigenvalue weighted by Crippen LogP contribution is 2.27. The second-order valence-corrected chi connectivity index (χ2v) is 7.29. The standard InChI is InChI=1S/C15H17ClN2O3S/c1-8-4-5-11(6-12(8)16)17-13(19)7-18-14(20)9(2)22-10(3)15(18)21/h4-6,9-10H,7H2,1-3H3,(H,17,19)/t9-,10+. The average molecular weight is 341 g/mol. The normalized spacial score (nSPS) is 21.9. The zero-order valence-corrected chi connectivity index (χ0v) is 14.1. The molecule has 0 radical (unpaired) electrons. The fourth-order valence-corrected chi connectivity index (χ4v) is 3.42. The summed E-state index contributed by atoms with van der Waals surface area (Å²) in [7, 11) is 0. The van der Waals surface area contributed by atoms with Gasteiger partial charge in [0.25, 0.3) is 0 Å². The smallest absolute Gasteiger partial charge is 0.244 e. The van der Waals surface area contributed by atoms with Crippen LogP contribution in [0.25, 0.3) is 0 Å². The van der Waals surface area contributed by atoms with Gasteiger partial charge in [0.1, 0.15) is 6.54 Å². The van der Waals surface area contributed by atoms with E-state index < -0.39 is 5.91 Å². The fourth-order valence-electron chi connectivity index (χ4n) is 2.14. The molecule has 118 valence electrons. The van der Waals surface area contributed by atoms with Crippen molar-refractivity contribution in [2.75, 3.05) is 11.9 Å². The topological polar surface area (TPSA) is 66.5 Å². The van der Waals surface area contributed by atoms with Crippen LogP contribution >= 0.6 is 23.4 Å². The molecule has 1 saturated heterocycles. The maximum absolute atomic E-state index is 12.1. The predicted molar refractivity (Wildman–Crippen MR) is 88.1 cm³/mol. The zero-order chi connectivity index (χ0) is 16.4. The molecule has 1 aliphatic rings. The van der Waals surface area contributed by atoms with E-state index in [-0.39, 0.29) is 28.9 Å². The number of carbonyl (C=O) groups is 3. The third kappa shape index (κ3) is 3.62. The second-order valence-electron chi connectivity index (χ2n) is 5.20. The Morgan fingerprint density at radius 1 is 1.27 bits per heavy atom. The molecule has 0 unspecified atom stereocenters. The first-order valence-electron chi connectivity index (χ1n) is 6.86. The van der Waals surface area contributed by atoms with Gasteiger partial charge in [-0.3, -0.25) is 19.3 Å². The molecule has 2 atom stereocenters. The van der Waals surface area contributed by atoms with Crippen molar-refractivity contribution in [2.45, 2.75) is 31.3 Å². The van der Waals surface area contributed by atoms with Gasteiger partial charge in [0.2, 0.25) is 17.7 Å². The SMILES string of the molecule is Cc1ccc(NC(=O)CN2C(=O)[C@H](C)S[C@H](C)C2=O)cc1Cl. The lowest BCUT2D eigenvalue weighted by Crippen LogP contribution is -2.52.